The monoisotopic (exact) mass is 320 g/mol. The van der Waals surface area contributed by atoms with Crippen LogP contribution in [0.2, 0.25) is 0 Å². The third-order valence-corrected chi connectivity index (χ3v) is 4.75. The molecule has 3 N–H and O–H groups in total. The number of hydrogen-bond acceptors (Lipinski definition) is 6. The summed E-state index contributed by atoms with van der Waals surface area (Å²) in [6, 6.07) is 7.90. The van der Waals surface area contributed by atoms with Crippen LogP contribution in [0.15, 0.2) is 24.3 Å². The van der Waals surface area contributed by atoms with Gasteiger partial charge in [-0.1, -0.05) is 19.1 Å². The van der Waals surface area contributed by atoms with E-state index in [0.29, 0.717) is 13.1 Å². The normalized spacial score (nSPS) is 21.7. The van der Waals surface area contributed by atoms with Crippen molar-refractivity contribution in [3.63, 3.8) is 0 Å². The average molecular weight is 320 g/mol. The highest BCUT2D eigenvalue weighted by atomic mass is 32.2. The van der Waals surface area contributed by atoms with Crippen LogP contribution in [0.1, 0.15) is 17.9 Å². The second-order valence-electron chi connectivity index (χ2n) is 5.09. The second kappa shape index (κ2) is 7.92. The van der Waals surface area contributed by atoms with Crippen LogP contribution in [-0.4, -0.2) is 31.5 Å². The summed E-state index contributed by atoms with van der Waals surface area (Å²) in [6.07, 6.45) is 1.83. The van der Waals surface area contributed by atoms with E-state index in [1.54, 1.807) is 25.8 Å². The van der Waals surface area contributed by atoms with E-state index in [-0.39, 0.29) is 22.6 Å². The Balaban J connectivity index is 1.87. The first-order valence-corrected chi connectivity index (χ1v) is 8.03. The van der Waals surface area contributed by atoms with Crippen molar-refractivity contribution in [3.05, 3.63) is 29.8 Å². The summed E-state index contributed by atoms with van der Waals surface area (Å²) in [6.45, 7) is 2.86. The molecule has 1 heterocycles. The molecule has 0 saturated carbocycles. The second-order valence-corrected chi connectivity index (χ2v) is 6.40. The standard InChI is InChI=1S/C15H20N4O2S/c1-10(7-17-9-16)14(20)19-13-8-18-15(22-13)11-4-3-5-12(6-11)21-2/h3-6,10,13,15,17-18H,7-8H2,1-2H3,(H,19,20)/t10-,13?,15?/m1/s1. The van der Waals surface area contributed by atoms with Crippen molar-refractivity contribution in [2.45, 2.75) is 17.7 Å². The first-order chi connectivity index (χ1) is 10.6. The number of carbonyl (C=O) groups is 1. The molecule has 7 heteroatoms. The molecule has 0 radical (unpaired) electrons. The molecular formula is C15H20N4O2S. The molecule has 3 atom stereocenters. The van der Waals surface area contributed by atoms with Crippen LogP contribution in [0.4, 0.5) is 0 Å². The third-order valence-electron chi connectivity index (χ3n) is 3.42. The van der Waals surface area contributed by atoms with E-state index in [1.807, 2.05) is 30.5 Å². The Bertz CT molecular complexity index is 561. The topological polar surface area (TPSA) is 86.2 Å². The minimum atomic E-state index is -0.240. The number of benzene rings is 1. The summed E-state index contributed by atoms with van der Waals surface area (Å²) in [7, 11) is 1.65. The van der Waals surface area contributed by atoms with Crippen molar-refractivity contribution in [1.29, 1.82) is 5.26 Å². The van der Waals surface area contributed by atoms with Gasteiger partial charge in [0.25, 0.3) is 0 Å². The number of methoxy groups -OCH3 is 1. The minimum absolute atomic E-state index is 0.0215. The first-order valence-electron chi connectivity index (χ1n) is 7.09. The largest absolute Gasteiger partial charge is 0.497 e. The number of rotatable bonds is 6. The molecule has 1 saturated heterocycles. The Hall–Kier alpha value is -1.91. The molecule has 0 spiro atoms. The number of amides is 1. The maximum absolute atomic E-state index is 12.0. The zero-order valence-corrected chi connectivity index (χ0v) is 13.4. The number of nitrogens with zero attached hydrogens (tertiary/aromatic N) is 1. The van der Waals surface area contributed by atoms with Crippen molar-refractivity contribution in [2.75, 3.05) is 20.2 Å². The summed E-state index contributed by atoms with van der Waals surface area (Å²) in [5.74, 6) is 0.535. The van der Waals surface area contributed by atoms with E-state index >= 15 is 0 Å². The maximum atomic E-state index is 12.0. The molecule has 1 aliphatic heterocycles. The van der Waals surface area contributed by atoms with Gasteiger partial charge in [-0.2, -0.15) is 5.26 Å². The van der Waals surface area contributed by atoms with Crippen LogP contribution in [0, 0.1) is 17.4 Å². The summed E-state index contributed by atoms with van der Waals surface area (Å²) < 4.78 is 5.23. The van der Waals surface area contributed by atoms with Gasteiger partial charge in [-0.15, -0.1) is 11.8 Å². The molecule has 2 unspecified atom stereocenters. The van der Waals surface area contributed by atoms with Gasteiger partial charge in [0.2, 0.25) is 5.91 Å². The Morgan fingerprint density at radius 2 is 2.45 bits per heavy atom. The summed E-state index contributed by atoms with van der Waals surface area (Å²) >= 11 is 1.67. The zero-order valence-electron chi connectivity index (χ0n) is 12.6. The number of nitrogens with one attached hydrogen (secondary N) is 3. The Kier molecular flexibility index (Phi) is 5.92. The van der Waals surface area contributed by atoms with Crippen molar-refractivity contribution < 1.29 is 9.53 Å². The highest BCUT2D eigenvalue weighted by Gasteiger charge is 2.28. The lowest BCUT2D eigenvalue weighted by Gasteiger charge is -2.16. The Labute approximate surface area is 134 Å². The van der Waals surface area contributed by atoms with Gasteiger partial charge in [0, 0.05) is 13.1 Å². The van der Waals surface area contributed by atoms with Gasteiger partial charge in [0.1, 0.15) is 5.75 Å². The van der Waals surface area contributed by atoms with Gasteiger partial charge >= 0.3 is 0 Å². The number of ether oxygens (including phenoxy) is 1. The maximum Gasteiger partial charge on any atom is 0.225 e. The molecule has 1 amide bonds. The van der Waals surface area contributed by atoms with E-state index in [4.69, 9.17) is 10.00 Å². The van der Waals surface area contributed by atoms with Gasteiger partial charge in [-0.05, 0) is 17.7 Å². The van der Waals surface area contributed by atoms with Crippen LogP contribution in [0.25, 0.3) is 0 Å². The SMILES string of the molecule is COc1cccc(C2NCC(NC(=O)[C@H](C)CNC#N)S2)c1. The number of thioether (sulfide) groups is 1. The number of carbonyl (C=O) groups excluding carboxylic acids is 1. The highest BCUT2D eigenvalue weighted by molar-refractivity contribution is 8.00. The molecule has 2 rings (SSSR count). The van der Waals surface area contributed by atoms with Gasteiger partial charge in [0.15, 0.2) is 6.19 Å². The molecule has 0 aromatic heterocycles. The summed E-state index contributed by atoms with van der Waals surface area (Å²) in [5, 5.41) is 17.5. The molecule has 1 fully saturated rings. The van der Waals surface area contributed by atoms with Crippen molar-refractivity contribution >= 4 is 17.7 Å². The predicted octanol–water partition coefficient (Wildman–Crippen LogP) is 1.18. The van der Waals surface area contributed by atoms with Gasteiger partial charge < -0.3 is 15.4 Å². The fourth-order valence-electron chi connectivity index (χ4n) is 2.15. The van der Waals surface area contributed by atoms with Crippen LogP contribution in [0.3, 0.4) is 0 Å². The quantitative estimate of drug-likeness (QED) is 0.539. The number of nitriles is 1. The van der Waals surface area contributed by atoms with Gasteiger partial charge in [0.05, 0.1) is 23.8 Å². The van der Waals surface area contributed by atoms with E-state index < -0.39 is 0 Å². The van der Waals surface area contributed by atoms with Gasteiger partial charge in [-0.3, -0.25) is 10.1 Å². The molecule has 0 bridgehead atoms. The van der Waals surface area contributed by atoms with Crippen molar-refractivity contribution in [3.8, 4) is 11.9 Å². The Morgan fingerprint density at radius 3 is 3.18 bits per heavy atom. The third kappa shape index (κ3) is 4.29. The lowest BCUT2D eigenvalue weighted by Crippen LogP contribution is -2.40. The fourth-order valence-corrected chi connectivity index (χ4v) is 3.35. The van der Waals surface area contributed by atoms with E-state index in [9.17, 15) is 4.79 Å². The van der Waals surface area contributed by atoms with Crippen molar-refractivity contribution in [2.24, 2.45) is 5.92 Å². The molecular weight excluding hydrogens is 300 g/mol. The molecule has 1 aromatic carbocycles. The van der Waals surface area contributed by atoms with Crippen LogP contribution < -0.4 is 20.7 Å². The molecule has 0 aliphatic carbocycles. The van der Waals surface area contributed by atoms with E-state index in [1.165, 1.54) is 0 Å². The molecule has 118 valence electrons. The minimum Gasteiger partial charge on any atom is -0.497 e. The smallest absolute Gasteiger partial charge is 0.225 e. The zero-order chi connectivity index (χ0) is 15.9. The Morgan fingerprint density at radius 1 is 1.64 bits per heavy atom. The fraction of sp³-hybridized carbons (Fsp3) is 0.467. The molecule has 22 heavy (non-hydrogen) atoms. The van der Waals surface area contributed by atoms with Crippen LogP contribution in [0.5, 0.6) is 5.75 Å². The lowest BCUT2D eigenvalue weighted by molar-refractivity contribution is -0.124. The van der Waals surface area contributed by atoms with E-state index in [2.05, 4.69) is 16.0 Å². The van der Waals surface area contributed by atoms with Crippen LogP contribution in [-0.2, 0) is 4.79 Å². The van der Waals surface area contributed by atoms with E-state index in [0.717, 1.165) is 11.3 Å². The summed E-state index contributed by atoms with van der Waals surface area (Å²) in [5.41, 5.74) is 1.13. The summed E-state index contributed by atoms with van der Waals surface area (Å²) in [4.78, 5) is 12.0. The average Bonchev–Trinajstić information content (AvgIpc) is 3.01. The molecule has 1 aromatic rings. The van der Waals surface area contributed by atoms with Gasteiger partial charge in [-0.25, -0.2) is 0 Å². The first kappa shape index (κ1) is 16.5. The lowest BCUT2D eigenvalue weighted by atomic mass is 10.1. The van der Waals surface area contributed by atoms with Crippen molar-refractivity contribution in [1.82, 2.24) is 16.0 Å². The van der Waals surface area contributed by atoms with Crippen LogP contribution >= 0.6 is 11.8 Å². The predicted molar refractivity (Wildman–Crippen MR) is 86.0 cm³/mol. The molecule has 6 nitrogen and oxygen atoms in total. The molecule has 1 aliphatic rings. The highest BCUT2D eigenvalue weighted by Crippen LogP contribution is 2.35. The number of hydrogen-bond donors (Lipinski definition) is 3.